The van der Waals surface area contributed by atoms with Crippen LogP contribution >= 0.6 is 23.2 Å². The molecule has 3 rings (SSSR count). The summed E-state index contributed by atoms with van der Waals surface area (Å²) in [4.78, 5) is 12.3. The number of hydrogen-bond acceptors (Lipinski definition) is 3. The van der Waals surface area contributed by atoms with Gasteiger partial charge >= 0.3 is 0 Å². The average molecular weight is 300 g/mol. The van der Waals surface area contributed by atoms with E-state index in [1.165, 1.54) is 6.42 Å². The number of nitrogens with one attached hydrogen (secondary N) is 3. The molecule has 0 bridgehead atoms. The molecule has 3 atom stereocenters. The molecule has 1 saturated carbocycles. The van der Waals surface area contributed by atoms with Crippen LogP contribution in [0.5, 0.6) is 0 Å². The zero-order valence-corrected chi connectivity index (χ0v) is 11.8. The number of carbonyl (C=O) groups excluding carboxylic acids is 1. The summed E-state index contributed by atoms with van der Waals surface area (Å²) in [5.74, 6) is 0.350. The summed E-state index contributed by atoms with van der Waals surface area (Å²) >= 11 is 11.8. The van der Waals surface area contributed by atoms with E-state index in [4.69, 9.17) is 23.2 Å². The largest absolute Gasteiger partial charge is 0.325 e. The van der Waals surface area contributed by atoms with E-state index in [0.29, 0.717) is 27.7 Å². The van der Waals surface area contributed by atoms with E-state index in [1.807, 2.05) is 0 Å². The summed E-state index contributed by atoms with van der Waals surface area (Å²) in [7, 11) is 0. The van der Waals surface area contributed by atoms with Gasteiger partial charge in [-0.3, -0.25) is 10.2 Å². The lowest BCUT2D eigenvalue weighted by molar-refractivity contribution is -0.118. The van der Waals surface area contributed by atoms with Gasteiger partial charge in [0.05, 0.1) is 10.0 Å². The van der Waals surface area contributed by atoms with Crippen molar-refractivity contribution in [2.75, 3.05) is 5.32 Å². The molecule has 2 aliphatic rings. The first kappa shape index (κ1) is 13.2. The van der Waals surface area contributed by atoms with E-state index in [-0.39, 0.29) is 11.9 Å². The Morgan fingerprint density at radius 1 is 1.21 bits per heavy atom. The van der Waals surface area contributed by atoms with Gasteiger partial charge in [-0.1, -0.05) is 29.6 Å². The first-order valence-electron chi connectivity index (χ1n) is 6.42. The summed E-state index contributed by atoms with van der Waals surface area (Å²) in [5, 5.41) is 3.80. The summed E-state index contributed by atoms with van der Waals surface area (Å²) in [6.45, 7) is 0. The quantitative estimate of drug-likeness (QED) is 0.787. The molecule has 1 heterocycles. The minimum Gasteiger partial charge on any atom is -0.325 e. The molecule has 1 aromatic carbocycles. The summed E-state index contributed by atoms with van der Waals surface area (Å²) in [6, 6.07) is 5.33. The number of benzene rings is 1. The Morgan fingerprint density at radius 3 is 2.84 bits per heavy atom. The third-order valence-corrected chi connectivity index (χ3v) is 4.63. The number of carbonyl (C=O) groups is 1. The third kappa shape index (κ3) is 2.58. The number of fused-ring (bicyclic) bond motifs is 1. The van der Waals surface area contributed by atoms with Gasteiger partial charge in [0.1, 0.15) is 6.04 Å². The van der Waals surface area contributed by atoms with Crippen LogP contribution < -0.4 is 16.2 Å². The lowest BCUT2D eigenvalue weighted by Crippen LogP contribution is -2.42. The van der Waals surface area contributed by atoms with Gasteiger partial charge in [-0.15, -0.1) is 0 Å². The highest BCUT2D eigenvalue weighted by Gasteiger charge is 2.42. The van der Waals surface area contributed by atoms with Gasteiger partial charge in [-0.2, -0.15) is 0 Å². The van der Waals surface area contributed by atoms with Crippen molar-refractivity contribution in [3.63, 3.8) is 0 Å². The van der Waals surface area contributed by atoms with Gasteiger partial charge in [-0.05, 0) is 31.0 Å². The van der Waals surface area contributed by atoms with Gasteiger partial charge < -0.3 is 5.32 Å². The van der Waals surface area contributed by atoms with Crippen molar-refractivity contribution in [2.45, 2.75) is 31.3 Å². The van der Waals surface area contributed by atoms with Gasteiger partial charge in [0.15, 0.2) is 0 Å². The Labute approximate surface area is 121 Å². The van der Waals surface area contributed by atoms with Crippen molar-refractivity contribution in [3.05, 3.63) is 28.2 Å². The maximum absolute atomic E-state index is 12.3. The van der Waals surface area contributed by atoms with E-state index >= 15 is 0 Å². The van der Waals surface area contributed by atoms with Crippen LogP contribution in [0.15, 0.2) is 18.2 Å². The number of hydrazine groups is 1. The van der Waals surface area contributed by atoms with Crippen LogP contribution in [-0.2, 0) is 4.79 Å². The highest BCUT2D eigenvalue weighted by Crippen LogP contribution is 2.32. The smallest absolute Gasteiger partial charge is 0.243 e. The van der Waals surface area contributed by atoms with Gasteiger partial charge in [-0.25, -0.2) is 5.43 Å². The van der Waals surface area contributed by atoms with Crippen LogP contribution in [0.2, 0.25) is 10.0 Å². The lowest BCUT2D eigenvalue weighted by atomic mass is 9.96. The zero-order valence-electron chi connectivity index (χ0n) is 10.2. The van der Waals surface area contributed by atoms with Gasteiger partial charge in [0.2, 0.25) is 5.91 Å². The van der Waals surface area contributed by atoms with Crippen molar-refractivity contribution in [1.82, 2.24) is 10.9 Å². The fourth-order valence-electron chi connectivity index (χ4n) is 2.92. The second kappa shape index (κ2) is 5.29. The van der Waals surface area contributed by atoms with E-state index < -0.39 is 0 Å². The van der Waals surface area contributed by atoms with Gasteiger partial charge in [0.25, 0.3) is 0 Å². The topological polar surface area (TPSA) is 53.2 Å². The van der Waals surface area contributed by atoms with Crippen molar-refractivity contribution >= 4 is 34.8 Å². The second-order valence-corrected chi connectivity index (χ2v) is 5.90. The monoisotopic (exact) mass is 299 g/mol. The Bertz CT molecular complexity index is 509. The third-order valence-electron chi connectivity index (χ3n) is 3.89. The molecule has 6 heteroatoms. The molecule has 19 heavy (non-hydrogen) atoms. The standard InChI is InChI=1S/C13H15Cl2N3O/c14-9-5-4-7(6-10(9)15)16-13(19)12-8-2-1-3-11(8)17-18-12/h4-6,8,11-12,17-18H,1-3H2,(H,16,19). The zero-order chi connectivity index (χ0) is 13.4. The fraction of sp³-hybridized carbons (Fsp3) is 0.462. The highest BCUT2D eigenvalue weighted by atomic mass is 35.5. The Balaban J connectivity index is 1.69. The van der Waals surface area contributed by atoms with Crippen LogP contribution in [-0.4, -0.2) is 18.0 Å². The molecule has 1 aliphatic heterocycles. The van der Waals surface area contributed by atoms with E-state index in [2.05, 4.69) is 16.2 Å². The molecule has 1 aromatic rings. The number of hydrogen-bond donors (Lipinski definition) is 3. The molecule has 0 aromatic heterocycles. The SMILES string of the molecule is O=C(Nc1ccc(Cl)c(Cl)c1)C1NNC2CCCC21. The molecule has 1 aliphatic carbocycles. The van der Waals surface area contributed by atoms with Crippen LogP contribution in [0.4, 0.5) is 5.69 Å². The Morgan fingerprint density at radius 2 is 2.05 bits per heavy atom. The molecule has 0 radical (unpaired) electrons. The second-order valence-electron chi connectivity index (χ2n) is 5.09. The number of anilines is 1. The highest BCUT2D eigenvalue weighted by molar-refractivity contribution is 6.42. The van der Waals surface area contributed by atoms with Crippen LogP contribution in [0.3, 0.4) is 0 Å². The Kier molecular flexibility index (Phi) is 3.67. The predicted molar refractivity (Wildman–Crippen MR) is 76.3 cm³/mol. The maximum atomic E-state index is 12.3. The molecule has 2 fully saturated rings. The average Bonchev–Trinajstić information content (AvgIpc) is 2.95. The van der Waals surface area contributed by atoms with Crippen molar-refractivity contribution in [2.24, 2.45) is 5.92 Å². The molecule has 102 valence electrons. The normalized spacial score (nSPS) is 29.3. The van der Waals surface area contributed by atoms with Crippen molar-refractivity contribution in [3.8, 4) is 0 Å². The van der Waals surface area contributed by atoms with Crippen LogP contribution in [0.25, 0.3) is 0 Å². The summed E-state index contributed by atoms with van der Waals surface area (Å²) < 4.78 is 0. The maximum Gasteiger partial charge on any atom is 0.243 e. The number of amides is 1. The fourth-order valence-corrected chi connectivity index (χ4v) is 3.22. The minimum absolute atomic E-state index is 0.0275. The first-order chi connectivity index (χ1) is 9.15. The molecule has 3 N–H and O–H groups in total. The molecule has 1 saturated heterocycles. The molecule has 3 unspecified atom stereocenters. The number of rotatable bonds is 2. The summed E-state index contributed by atoms with van der Waals surface area (Å²) in [6.07, 6.45) is 3.40. The molecule has 4 nitrogen and oxygen atoms in total. The Hall–Kier alpha value is -0.810. The van der Waals surface area contributed by atoms with E-state index in [0.717, 1.165) is 12.8 Å². The first-order valence-corrected chi connectivity index (χ1v) is 7.18. The summed E-state index contributed by atoms with van der Waals surface area (Å²) in [5.41, 5.74) is 6.95. The predicted octanol–water partition coefficient (Wildman–Crippen LogP) is 2.58. The van der Waals surface area contributed by atoms with Crippen molar-refractivity contribution in [1.29, 1.82) is 0 Å². The van der Waals surface area contributed by atoms with Gasteiger partial charge in [0, 0.05) is 17.6 Å². The lowest BCUT2D eigenvalue weighted by Gasteiger charge is -2.16. The molecule has 1 amide bonds. The number of halogens is 2. The van der Waals surface area contributed by atoms with Crippen molar-refractivity contribution < 1.29 is 4.79 Å². The van der Waals surface area contributed by atoms with E-state index in [9.17, 15) is 4.79 Å². The molecular formula is C13H15Cl2N3O. The van der Waals surface area contributed by atoms with E-state index in [1.54, 1.807) is 18.2 Å². The molecule has 0 spiro atoms. The van der Waals surface area contributed by atoms with Crippen LogP contribution in [0.1, 0.15) is 19.3 Å². The van der Waals surface area contributed by atoms with Crippen LogP contribution in [0, 0.1) is 5.92 Å². The molecular weight excluding hydrogens is 285 g/mol. The minimum atomic E-state index is -0.179.